The van der Waals surface area contributed by atoms with Crippen molar-refractivity contribution in [2.24, 2.45) is 0 Å². The SMILES string of the molecule is CCCCCCC(=O)C(=O)C(O)COP(=O)(O)O. The van der Waals surface area contributed by atoms with Crippen LogP contribution in [0.1, 0.15) is 39.0 Å². The van der Waals surface area contributed by atoms with E-state index in [1.807, 2.05) is 6.92 Å². The molecule has 1 unspecified atom stereocenters. The highest BCUT2D eigenvalue weighted by atomic mass is 31.2. The zero-order chi connectivity index (χ0) is 14.2. The zero-order valence-electron chi connectivity index (χ0n) is 10.2. The van der Waals surface area contributed by atoms with Crippen molar-refractivity contribution in [3.8, 4) is 0 Å². The summed E-state index contributed by atoms with van der Waals surface area (Å²) in [7, 11) is -4.74. The van der Waals surface area contributed by atoms with Gasteiger partial charge in [0.2, 0.25) is 11.6 Å². The molecule has 0 radical (unpaired) electrons. The van der Waals surface area contributed by atoms with Gasteiger partial charge in [-0.3, -0.25) is 14.1 Å². The minimum atomic E-state index is -4.74. The molecule has 0 aliphatic carbocycles. The summed E-state index contributed by atoms with van der Waals surface area (Å²) in [6.07, 6.45) is 1.56. The Morgan fingerprint density at radius 2 is 1.83 bits per heavy atom. The summed E-state index contributed by atoms with van der Waals surface area (Å²) in [5.41, 5.74) is 0. The summed E-state index contributed by atoms with van der Waals surface area (Å²) < 4.78 is 14.3. The first-order chi connectivity index (χ1) is 8.28. The lowest BCUT2D eigenvalue weighted by atomic mass is 10.1. The number of unbranched alkanes of at least 4 members (excludes halogenated alkanes) is 3. The second kappa shape index (κ2) is 8.50. The summed E-state index contributed by atoms with van der Waals surface area (Å²) in [5, 5.41) is 9.22. The number of carbonyl (C=O) groups is 2. The smallest absolute Gasteiger partial charge is 0.382 e. The Morgan fingerprint density at radius 3 is 2.33 bits per heavy atom. The predicted molar refractivity (Wildman–Crippen MR) is 62.8 cm³/mol. The molecule has 106 valence electrons. The van der Waals surface area contributed by atoms with E-state index in [2.05, 4.69) is 4.52 Å². The lowest BCUT2D eigenvalue weighted by Gasteiger charge is -2.10. The molecule has 0 aromatic rings. The van der Waals surface area contributed by atoms with E-state index >= 15 is 0 Å². The molecule has 0 saturated heterocycles. The Bertz CT molecular complexity index is 322. The maximum absolute atomic E-state index is 11.3. The standard InChI is InChI=1S/C10H19O7P/c1-2-3-4-5-6-8(11)10(13)9(12)7-17-18(14,15)16/h9,12H,2-7H2,1H3,(H2,14,15,16). The third-order valence-corrected chi connectivity index (χ3v) is 2.72. The van der Waals surface area contributed by atoms with Gasteiger partial charge >= 0.3 is 7.82 Å². The van der Waals surface area contributed by atoms with Gasteiger partial charge in [-0.25, -0.2) is 4.57 Å². The molecule has 0 bridgehead atoms. The number of hydrogen-bond acceptors (Lipinski definition) is 5. The maximum atomic E-state index is 11.3. The largest absolute Gasteiger partial charge is 0.469 e. The van der Waals surface area contributed by atoms with Crippen LogP contribution in [-0.4, -0.2) is 39.2 Å². The third kappa shape index (κ3) is 8.49. The maximum Gasteiger partial charge on any atom is 0.469 e. The normalized spacial score (nSPS) is 13.3. The van der Waals surface area contributed by atoms with E-state index in [9.17, 15) is 19.3 Å². The third-order valence-electron chi connectivity index (χ3n) is 2.24. The Labute approximate surface area is 105 Å². The molecule has 3 N–H and O–H groups in total. The van der Waals surface area contributed by atoms with Gasteiger partial charge in [-0.2, -0.15) is 0 Å². The van der Waals surface area contributed by atoms with Gasteiger partial charge in [0.25, 0.3) is 0 Å². The van der Waals surface area contributed by atoms with Gasteiger partial charge in [0.1, 0.15) is 6.10 Å². The second-order valence-corrected chi connectivity index (χ2v) is 5.14. The average molecular weight is 282 g/mol. The highest BCUT2D eigenvalue weighted by Gasteiger charge is 2.25. The van der Waals surface area contributed by atoms with Gasteiger partial charge in [0, 0.05) is 6.42 Å². The minimum Gasteiger partial charge on any atom is -0.382 e. The lowest BCUT2D eigenvalue weighted by molar-refractivity contribution is -0.142. The first kappa shape index (κ1) is 17.4. The Morgan fingerprint density at radius 1 is 1.22 bits per heavy atom. The number of aliphatic hydroxyl groups is 1. The molecule has 8 heteroatoms. The molecule has 0 saturated carbocycles. The summed E-state index contributed by atoms with van der Waals surface area (Å²) >= 11 is 0. The van der Waals surface area contributed by atoms with Crippen molar-refractivity contribution < 1.29 is 33.6 Å². The van der Waals surface area contributed by atoms with E-state index < -0.39 is 32.1 Å². The van der Waals surface area contributed by atoms with Crippen LogP contribution in [0.3, 0.4) is 0 Å². The predicted octanol–water partition coefficient (Wildman–Crippen LogP) is 0.565. The second-order valence-electron chi connectivity index (χ2n) is 3.90. The fourth-order valence-electron chi connectivity index (χ4n) is 1.26. The number of aliphatic hydroxyl groups excluding tert-OH is 1. The lowest BCUT2D eigenvalue weighted by Crippen LogP contribution is -2.32. The first-order valence-corrected chi connectivity index (χ1v) is 7.26. The number of rotatable bonds is 10. The quantitative estimate of drug-likeness (QED) is 0.304. The number of carbonyl (C=O) groups excluding carboxylic acids is 2. The number of Topliss-reactive ketones (excluding diaryl/α,β-unsaturated/α-hetero) is 2. The van der Waals surface area contributed by atoms with E-state index in [-0.39, 0.29) is 6.42 Å². The molecule has 7 nitrogen and oxygen atoms in total. The Balaban J connectivity index is 3.97. The molecule has 0 aromatic heterocycles. The fraction of sp³-hybridized carbons (Fsp3) is 0.800. The van der Waals surface area contributed by atoms with Crippen molar-refractivity contribution in [3.05, 3.63) is 0 Å². The highest BCUT2D eigenvalue weighted by molar-refractivity contribution is 7.46. The van der Waals surface area contributed by atoms with Crippen molar-refractivity contribution in [3.63, 3.8) is 0 Å². The fourth-order valence-corrected chi connectivity index (χ4v) is 1.60. The molecule has 0 amide bonds. The van der Waals surface area contributed by atoms with Crippen LogP contribution in [0, 0.1) is 0 Å². The van der Waals surface area contributed by atoms with E-state index in [1.165, 1.54) is 0 Å². The van der Waals surface area contributed by atoms with Crippen molar-refractivity contribution in [2.75, 3.05) is 6.61 Å². The van der Waals surface area contributed by atoms with E-state index in [4.69, 9.17) is 9.79 Å². The molecule has 0 aliphatic heterocycles. The van der Waals surface area contributed by atoms with Gasteiger partial charge in [0.05, 0.1) is 6.61 Å². The van der Waals surface area contributed by atoms with Crippen molar-refractivity contribution in [2.45, 2.75) is 45.1 Å². The molecular formula is C10H19O7P. The van der Waals surface area contributed by atoms with Crippen LogP contribution < -0.4 is 0 Å². The number of ketones is 2. The Hall–Kier alpha value is -0.590. The number of phosphoric ester groups is 1. The van der Waals surface area contributed by atoms with E-state index in [1.54, 1.807) is 0 Å². The highest BCUT2D eigenvalue weighted by Crippen LogP contribution is 2.35. The molecule has 18 heavy (non-hydrogen) atoms. The molecule has 1 atom stereocenters. The van der Waals surface area contributed by atoms with Gasteiger partial charge in [-0.1, -0.05) is 26.2 Å². The van der Waals surface area contributed by atoms with Crippen molar-refractivity contribution in [1.82, 2.24) is 0 Å². The molecular weight excluding hydrogens is 263 g/mol. The summed E-state index contributed by atoms with van der Waals surface area (Å²) in [6, 6.07) is 0. The summed E-state index contributed by atoms with van der Waals surface area (Å²) in [6.45, 7) is 1.12. The van der Waals surface area contributed by atoms with Gasteiger partial charge in [0.15, 0.2) is 0 Å². The van der Waals surface area contributed by atoms with Gasteiger partial charge in [-0.05, 0) is 6.42 Å². The van der Waals surface area contributed by atoms with E-state index in [0.717, 1.165) is 19.3 Å². The average Bonchev–Trinajstić information content (AvgIpc) is 2.29. The van der Waals surface area contributed by atoms with Crippen LogP contribution in [0.15, 0.2) is 0 Å². The van der Waals surface area contributed by atoms with E-state index in [0.29, 0.717) is 6.42 Å². The molecule has 0 aromatic carbocycles. The zero-order valence-corrected chi connectivity index (χ0v) is 11.1. The summed E-state index contributed by atoms with van der Waals surface area (Å²) in [4.78, 5) is 39.3. The van der Waals surface area contributed by atoms with Crippen LogP contribution in [0.25, 0.3) is 0 Å². The summed E-state index contributed by atoms with van der Waals surface area (Å²) in [5.74, 6) is -1.81. The van der Waals surface area contributed by atoms with Crippen LogP contribution in [0.2, 0.25) is 0 Å². The van der Waals surface area contributed by atoms with Crippen LogP contribution in [0.4, 0.5) is 0 Å². The minimum absolute atomic E-state index is 0.0335. The molecule has 0 aliphatic rings. The Kier molecular flexibility index (Phi) is 8.22. The van der Waals surface area contributed by atoms with Crippen molar-refractivity contribution in [1.29, 1.82) is 0 Å². The molecule has 0 rings (SSSR count). The topological polar surface area (TPSA) is 121 Å². The van der Waals surface area contributed by atoms with Crippen molar-refractivity contribution >= 4 is 19.4 Å². The number of hydrogen-bond donors (Lipinski definition) is 3. The molecule has 0 heterocycles. The number of phosphoric acid groups is 1. The first-order valence-electron chi connectivity index (χ1n) is 5.73. The van der Waals surface area contributed by atoms with Crippen LogP contribution >= 0.6 is 7.82 Å². The molecule has 0 spiro atoms. The van der Waals surface area contributed by atoms with Crippen LogP contribution in [0.5, 0.6) is 0 Å². The van der Waals surface area contributed by atoms with Crippen LogP contribution in [-0.2, 0) is 18.7 Å². The molecule has 0 fully saturated rings. The monoisotopic (exact) mass is 282 g/mol. The van der Waals surface area contributed by atoms with Gasteiger partial charge < -0.3 is 14.9 Å². The van der Waals surface area contributed by atoms with Gasteiger partial charge in [-0.15, -0.1) is 0 Å².